The fourth-order valence-electron chi connectivity index (χ4n) is 8.91. The van der Waals surface area contributed by atoms with E-state index in [2.05, 4.69) is 28.9 Å². The van der Waals surface area contributed by atoms with E-state index < -0.39 is 40.3 Å². The van der Waals surface area contributed by atoms with Crippen molar-refractivity contribution in [1.82, 2.24) is 9.80 Å². The number of carbonyl (C=O) groups excluding carboxylic acids is 1. The number of nitrogens with zero attached hydrogens (tertiary/aromatic N) is 2. The third-order valence-electron chi connectivity index (χ3n) is 11.0. The van der Waals surface area contributed by atoms with Crippen molar-refractivity contribution < 1.29 is 32.9 Å². The van der Waals surface area contributed by atoms with Gasteiger partial charge < -0.3 is 19.8 Å². The third-order valence-corrected chi connectivity index (χ3v) is 11.0. The van der Waals surface area contributed by atoms with Gasteiger partial charge in [0.05, 0.1) is 22.6 Å². The van der Waals surface area contributed by atoms with Gasteiger partial charge in [0.2, 0.25) is 0 Å². The lowest BCUT2D eigenvalue weighted by molar-refractivity contribution is -0.228. The normalized spacial score (nSPS) is 29.6. The fourth-order valence-corrected chi connectivity index (χ4v) is 8.91. The molecule has 45 heavy (non-hydrogen) atoms. The Hall–Kier alpha value is -4.00. The largest absolute Gasteiger partial charge is 0.504 e. The quantitative estimate of drug-likeness (QED) is 0.401. The van der Waals surface area contributed by atoms with Gasteiger partial charge in [0.25, 0.3) is 5.91 Å². The van der Waals surface area contributed by atoms with Crippen LogP contribution < -0.4 is 4.74 Å². The second-order valence-corrected chi connectivity index (χ2v) is 13.0. The molecule has 1 amide bonds. The van der Waals surface area contributed by atoms with Gasteiger partial charge in [-0.15, -0.1) is 0 Å². The summed E-state index contributed by atoms with van der Waals surface area (Å²) in [6.07, 6.45) is -1.49. The molecule has 2 fully saturated rings. The summed E-state index contributed by atoms with van der Waals surface area (Å²) in [5, 5.41) is 23.9. The van der Waals surface area contributed by atoms with Crippen molar-refractivity contribution in [1.29, 1.82) is 0 Å². The number of rotatable bonds is 4. The van der Waals surface area contributed by atoms with E-state index in [9.17, 15) is 28.2 Å². The number of hydrogen-bond donors (Lipinski definition) is 2. The van der Waals surface area contributed by atoms with Crippen molar-refractivity contribution in [3.05, 3.63) is 94.5 Å². The van der Waals surface area contributed by atoms with Crippen LogP contribution in [0.1, 0.15) is 54.0 Å². The molecular formula is C36H35F3N2O4. The first-order chi connectivity index (χ1) is 21.4. The standard InChI is InChI=1S/C36H35F3N2O4/c1-33-28(40(2)30(43)15-10-24-8-12-26(13-9-24)36(37,38)39)16-18-35(44)29-22-25-11-14-27(42)32(45-33)31(25)34(33,35)19-21-41(29)20-17-23-6-4-3-5-7-23/h3-9,11-14,28-29,42,44H,16-22H2,1-2H3/t28-,29-,33+,34+,35-/m1/s1. The van der Waals surface area contributed by atoms with Crippen LogP contribution in [-0.4, -0.2) is 69.3 Å². The molecule has 3 aromatic rings. The summed E-state index contributed by atoms with van der Waals surface area (Å²) in [4.78, 5) is 17.4. The molecule has 2 aliphatic carbocycles. The number of carbonyl (C=O) groups is 1. The van der Waals surface area contributed by atoms with Gasteiger partial charge in [-0.05, 0) is 87.0 Å². The lowest BCUT2D eigenvalue weighted by atomic mass is 9.44. The molecular weight excluding hydrogens is 581 g/mol. The second kappa shape index (κ2) is 10.3. The third kappa shape index (κ3) is 4.29. The summed E-state index contributed by atoms with van der Waals surface area (Å²) in [6.45, 7) is 3.47. The molecule has 9 heteroatoms. The molecule has 2 bridgehead atoms. The van der Waals surface area contributed by atoms with Crippen LogP contribution in [0.4, 0.5) is 13.2 Å². The Morgan fingerprint density at radius 3 is 2.53 bits per heavy atom. The molecule has 1 spiro atoms. The SMILES string of the molecule is CN(C(=O)C#Cc1ccc(C(F)(F)F)cc1)[C@@H]1CC[C@@]2(O)[C@H]3Cc4ccc(O)c5c4[C@@]2(CCN3CCc2ccccc2)[C@@]1(C)O5. The molecule has 1 saturated heterocycles. The molecule has 6 nitrogen and oxygen atoms in total. The summed E-state index contributed by atoms with van der Waals surface area (Å²) in [6, 6.07) is 17.6. The fraction of sp³-hybridized carbons (Fsp3) is 0.417. The smallest absolute Gasteiger partial charge is 0.416 e. The molecule has 0 radical (unpaired) electrons. The second-order valence-electron chi connectivity index (χ2n) is 13.0. The average molecular weight is 617 g/mol. The van der Waals surface area contributed by atoms with Crippen molar-refractivity contribution in [3.8, 4) is 23.3 Å². The molecule has 2 heterocycles. The van der Waals surface area contributed by atoms with Crippen LogP contribution in [-0.2, 0) is 29.2 Å². The van der Waals surface area contributed by atoms with Gasteiger partial charge in [-0.2, -0.15) is 13.2 Å². The van der Waals surface area contributed by atoms with Crippen molar-refractivity contribution in [2.45, 2.75) is 73.9 Å². The zero-order valence-corrected chi connectivity index (χ0v) is 25.2. The highest BCUT2D eigenvalue weighted by Gasteiger charge is 2.78. The number of benzene rings is 3. The number of phenols is 1. The highest BCUT2D eigenvalue weighted by Crippen LogP contribution is 2.69. The first kappa shape index (κ1) is 29.7. The van der Waals surface area contributed by atoms with E-state index in [4.69, 9.17) is 4.74 Å². The number of aliphatic hydroxyl groups is 1. The first-order valence-corrected chi connectivity index (χ1v) is 15.4. The van der Waals surface area contributed by atoms with Gasteiger partial charge in [0.15, 0.2) is 11.5 Å². The summed E-state index contributed by atoms with van der Waals surface area (Å²) >= 11 is 0. The summed E-state index contributed by atoms with van der Waals surface area (Å²) in [5.41, 5.74) is -0.442. The Kier molecular flexibility index (Phi) is 6.77. The molecule has 3 aromatic carbocycles. The van der Waals surface area contributed by atoms with Gasteiger partial charge in [-0.1, -0.05) is 42.3 Å². The molecule has 2 N–H and O–H groups in total. The monoisotopic (exact) mass is 616 g/mol. The Balaban J connectivity index is 1.21. The Morgan fingerprint density at radius 2 is 1.82 bits per heavy atom. The number of phenolic OH excluding ortho intramolecular Hbond substituents is 1. The zero-order valence-electron chi connectivity index (χ0n) is 25.2. The molecule has 0 aromatic heterocycles. The van der Waals surface area contributed by atoms with E-state index >= 15 is 0 Å². The number of likely N-dealkylation sites (tertiary alicyclic amines) is 1. The van der Waals surface area contributed by atoms with Gasteiger partial charge in [0, 0.05) is 36.7 Å². The first-order valence-electron chi connectivity index (χ1n) is 15.4. The number of ether oxygens (including phenoxy) is 1. The highest BCUT2D eigenvalue weighted by atomic mass is 19.4. The van der Waals surface area contributed by atoms with Crippen molar-refractivity contribution in [3.63, 3.8) is 0 Å². The molecule has 234 valence electrons. The number of alkyl halides is 3. The number of aromatic hydroxyl groups is 1. The van der Waals surface area contributed by atoms with Crippen molar-refractivity contribution >= 4 is 5.91 Å². The van der Waals surface area contributed by atoms with Crippen LogP contribution in [0.3, 0.4) is 0 Å². The predicted octanol–water partition coefficient (Wildman–Crippen LogP) is 5.08. The summed E-state index contributed by atoms with van der Waals surface area (Å²) in [7, 11) is 1.66. The van der Waals surface area contributed by atoms with E-state index in [1.807, 2.05) is 31.2 Å². The van der Waals surface area contributed by atoms with Crippen LogP contribution in [0.25, 0.3) is 0 Å². The molecule has 7 rings (SSSR count). The molecule has 0 unspecified atom stereocenters. The van der Waals surface area contributed by atoms with E-state index in [1.165, 1.54) is 17.7 Å². The number of piperidine rings is 1. The van der Waals surface area contributed by atoms with Crippen molar-refractivity contribution in [2.75, 3.05) is 20.1 Å². The maximum Gasteiger partial charge on any atom is 0.416 e. The number of halogens is 3. The topological polar surface area (TPSA) is 73.2 Å². The van der Waals surface area contributed by atoms with E-state index in [1.54, 1.807) is 18.0 Å². The minimum atomic E-state index is -4.46. The van der Waals surface area contributed by atoms with Crippen LogP contribution in [0, 0.1) is 11.8 Å². The van der Waals surface area contributed by atoms with Crippen LogP contribution in [0.15, 0.2) is 66.7 Å². The van der Waals surface area contributed by atoms with Crippen LogP contribution in [0.2, 0.25) is 0 Å². The number of hydrogen-bond acceptors (Lipinski definition) is 5. The van der Waals surface area contributed by atoms with Crippen LogP contribution >= 0.6 is 0 Å². The minimum Gasteiger partial charge on any atom is -0.504 e. The highest BCUT2D eigenvalue weighted by molar-refractivity contribution is 5.94. The van der Waals surface area contributed by atoms with Crippen LogP contribution in [0.5, 0.6) is 11.5 Å². The van der Waals surface area contributed by atoms with Gasteiger partial charge in [-0.25, -0.2) is 0 Å². The molecule has 1 saturated carbocycles. The lowest BCUT2D eigenvalue weighted by Gasteiger charge is -2.67. The maximum atomic E-state index is 13.5. The average Bonchev–Trinajstić information content (AvgIpc) is 3.30. The summed E-state index contributed by atoms with van der Waals surface area (Å²) < 4.78 is 45.7. The lowest BCUT2D eigenvalue weighted by Crippen LogP contribution is -2.82. The van der Waals surface area contributed by atoms with Gasteiger partial charge in [0.1, 0.15) is 5.60 Å². The van der Waals surface area contributed by atoms with Gasteiger partial charge >= 0.3 is 6.18 Å². The predicted molar refractivity (Wildman–Crippen MR) is 162 cm³/mol. The Bertz CT molecular complexity index is 1720. The molecule has 5 atom stereocenters. The number of amides is 1. The summed E-state index contributed by atoms with van der Waals surface area (Å²) in [5.74, 6) is 5.21. The molecule has 2 aliphatic heterocycles. The van der Waals surface area contributed by atoms with Crippen molar-refractivity contribution in [2.24, 2.45) is 0 Å². The minimum absolute atomic E-state index is 0.0147. The van der Waals surface area contributed by atoms with E-state index in [-0.39, 0.29) is 11.8 Å². The van der Waals surface area contributed by atoms with Gasteiger partial charge in [-0.3, -0.25) is 9.69 Å². The maximum absolute atomic E-state index is 13.5. The zero-order chi connectivity index (χ0) is 31.8. The number of likely N-dealkylation sites (N-methyl/N-ethyl adjacent to an activating group) is 1. The Morgan fingerprint density at radius 1 is 1.09 bits per heavy atom. The Labute approximate surface area is 260 Å². The van der Waals surface area contributed by atoms with E-state index in [0.717, 1.165) is 42.8 Å². The van der Waals surface area contributed by atoms with E-state index in [0.29, 0.717) is 37.0 Å². The molecule has 4 aliphatic rings.